The molecule has 0 radical (unpaired) electrons. The van der Waals surface area contributed by atoms with Crippen molar-refractivity contribution in [1.82, 2.24) is 0 Å². The number of halogens is 1. The van der Waals surface area contributed by atoms with Crippen LogP contribution in [0.4, 0.5) is 4.39 Å². The van der Waals surface area contributed by atoms with Gasteiger partial charge in [0, 0.05) is 0 Å². The molecule has 0 amide bonds. The van der Waals surface area contributed by atoms with Crippen molar-refractivity contribution in [2.24, 2.45) is 0 Å². The Morgan fingerprint density at radius 3 is 2.68 bits per heavy atom. The van der Waals surface area contributed by atoms with E-state index in [4.69, 9.17) is 14.8 Å². The van der Waals surface area contributed by atoms with E-state index >= 15 is 0 Å². The molecular formula is C14H14BFO3. The summed E-state index contributed by atoms with van der Waals surface area (Å²) in [5, 5.41) is 18.1. The quantitative estimate of drug-likeness (QED) is 0.817. The number of hydrogen-bond acceptors (Lipinski definition) is 3. The van der Waals surface area contributed by atoms with Crippen molar-refractivity contribution in [2.75, 3.05) is 0 Å². The zero-order valence-corrected chi connectivity index (χ0v) is 10.5. The zero-order chi connectivity index (χ0) is 13.8. The van der Waals surface area contributed by atoms with E-state index in [1.807, 2.05) is 6.92 Å². The van der Waals surface area contributed by atoms with E-state index < -0.39 is 7.12 Å². The molecule has 0 saturated carbocycles. The second kappa shape index (κ2) is 5.86. The molecular weight excluding hydrogens is 246 g/mol. The molecule has 0 heterocycles. The molecule has 0 aliphatic heterocycles. The maximum absolute atomic E-state index is 13.1. The lowest BCUT2D eigenvalue weighted by molar-refractivity contribution is 0.305. The highest BCUT2D eigenvalue weighted by Crippen LogP contribution is 2.15. The SMILES string of the molecule is Cc1ccc(F)cc1COc1cccc(B(O)O)c1. The van der Waals surface area contributed by atoms with Gasteiger partial charge in [0.2, 0.25) is 0 Å². The van der Waals surface area contributed by atoms with Crippen molar-refractivity contribution in [2.45, 2.75) is 13.5 Å². The third-order valence-electron chi connectivity index (χ3n) is 2.86. The molecule has 2 N–H and O–H groups in total. The van der Waals surface area contributed by atoms with Crippen molar-refractivity contribution in [3.05, 3.63) is 59.4 Å². The van der Waals surface area contributed by atoms with Crippen LogP contribution in [0.2, 0.25) is 0 Å². The highest BCUT2D eigenvalue weighted by molar-refractivity contribution is 6.58. The Morgan fingerprint density at radius 1 is 1.16 bits per heavy atom. The summed E-state index contributed by atoms with van der Waals surface area (Å²) in [6, 6.07) is 11.0. The molecule has 5 heteroatoms. The average molecular weight is 260 g/mol. The van der Waals surface area contributed by atoms with Crippen LogP contribution >= 0.6 is 0 Å². The Hall–Kier alpha value is -1.85. The van der Waals surface area contributed by atoms with Gasteiger partial charge in [-0.05, 0) is 47.8 Å². The first-order valence-corrected chi connectivity index (χ1v) is 5.90. The highest BCUT2D eigenvalue weighted by Gasteiger charge is 2.11. The Labute approximate surface area is 111 Å². The lowest BCUT2D eigenvalue weighted by atomic mass is 9.80. The Balaban J connectivity index is 2.10. The van der Waals surface area contributed by atoms with Crippen molar-refractivity contribution in [3.63, 3.8) is 0 Å². The molecule has 2 rings (SSSR count). The minimum atomic E-state index is -1.53. The summed E-state index contributed by atoms with van der Waals surface area (Å²) in [5.74, 6) is 0.206. The van der Waals surface area contributed by atoms with Crippen molar-refractivity contribution in [1.29, 1.82) is 0 Å². The third kappa shape index (κ3) is 3.56. The number of hydrogen-bond donors (Lipinski definition) is 2. The van der Waals surface area contributed by atoms with Crippen LogP contribution < -0.4 is 10.2 Å². The first kappa shape index (κ1) is 13.6. The molecule has 0 aliphatic rings. The molecule has 0 bridgehead atoms. The minimum Gasteiger partial charge on any atom is -0.489 e. The van der Waals surface area contributed by atoms with Gasteiger partial charge in [-0.25, -0.2) is 4.39 Å². The molecule has 0 unspecified atom stereocenters. The highest BCUT2D eigenvalue weighted by atomic mass is 19.1. The third-order valence-corrected chi connectivity index (χ3v) is 2.86. The van der Waals surface area contributed by atoms with E-state index in [0.29, 0.717) is 11.2 Å². The maximum atomic E-state index is 13.1. The van der Waals surface area contributed by atoms with E-state index in [-0.39, 0.29) is 12.4 Å². The van der Waals surface area contributed by atoms with Crippen LogP contribution in [0.25, 0.3) is 0 Å². The molecule has 98 valence electrons. The van der Waals surface area contributed by atoms with Crippen LogP contribution in [-0.2, 0) is 6.61 Å². The van der Waals surface area contributed by atoms with E-state index in [2.05, 4.69) is 0 Å². The van der Waals surface area contributed by atoms with Gasteiger partial charge in [-0.2, -0.15) is 0 Å². The van der Waals surface area contributed by atoms with Crippen LogP contribution in [0.15, 0.2) is 42.5 Å². The van der Waals surface area contributed by atoms with Crippen molar-refractivity contribution in [3.8, 4) is 5.75 Å². The molecule has 19 heavy (non-hydrogen) atoms. The normalized spacial score (nSPS) is 10.3. The summed E-state index contributed by atoms with van der Waals surface area (Å²) in [4.78, 5) is 0. The van der Waals surface area contributed by atoms with Crippen molar-refractivity contribution < 1.29 is 19.2 Å². The molecule has 0 atom stereocenters. The maximum Gasteiger partial charge on any atom is 0.488 e. The molecule has 2 aromatic rings. The van der Waals surface area contributed by atoms with Crippen molar-refractivity contribution >= 4 is 12.6 Å². The summed E-state index contributed by atoms with van der Waals surface area (Å²) in [6.45, 7) is 2.11. The van der Waals surface area contributed by atoms with E-state index in [1.54, 1.807) is 30.3 Å². The molecule has 0 spiro atoms. The largest absolute Gasteiger partial charge is 0.489 e. The summed E-state index contributed by atoms with van der Waals surface area (Å²) in [5.41, 5.74) is 2.06. The lowest BCUT2D eigenvalue weighted by Crippen LogP contribution is -2.29. The smallest absolute Gasteiger partial charge is 0.488 e. The van der Waals surface area contributed by atoms with Gasteiger partial charge in [0.15, 0.2) is 0 Å². The van der Waals surface area contributed by atoms with Crippen LogP contribution in [0.1, 0.15) is 11.1 Å². The fraction of sp³-hybridized carbons (Fsp3) is 0.143. The average Bonchev–Trinajstić information content (AvgIpc) is 2.40. The lowest BCUT2D eigenvalue weighted by Gasteiger charge is -2.10. The van der Waals surface area contributed by atoms with E-state index in [1.165, 1.54) is 12.1 Å². The van der Waals surface area contributed by atoms with Gasteiger partial charge in [0.1, 0.15) is 18.2 Å². The topological polar surface area (TPSA) is 49.7 Å². The van der Waals surface area contributed by atoms with E-state index in [9.17, 15) is 4.39 Å². The van der Waals surface area contributed by atoms with Gasteiger partial charge in [-0.1, -0.05) is 18.2 Å². The minimum absolute atomic E-state index is 0.231. The summed E-state index contributed by atoms with van der Waals surface area (Å²) in [6.07, 6.45) is 0. The van der Waals surface area contributed by atoms with Gasteiger partial charge in [-0.15, -0.1) is 0 Å². The Bertz CT molecular complexity index is 572. The molecule has 3 nitrogen and oxygen atoms in total. The Kier molecular flexibility index (Phi) is 4.19. The number of aryl methyl sites for hydroxylation is 1. The van der Waals surface area contributed by atoms with Gasteiger partial charge in [0.05, 0.1) is 0 Å². The number of rotatable bonds is 4. The first-order chi connectivity index (χ1) is 9.06. The first-order valence-electron chi connectivity index (χ1n) is 5.90. The standard InChI is InChI=1S/C14H14BFO3/c1-10-5-6-13(16)7-11(10)9-19-14-4-2-3-12(8-14)15(17)18/h2-8,17-18H,9H2,1H3. The molecule has 2 aromatic carbocycles. The van der Waals surface area contributed by atoms with Crippen LogP contribution in [0, 0.1) is 12.7 Å². The monoisotopic (exact) mass is 260 g/mol. The second-order valence-corrected chi connectivity index (χ2v) is 4.31. The van der Waals surface area contributed by atoms with Crippen LogP contribution in [0.5, 0.6) is 5.75 Å². The predicted molar refractivity (Wildman–Crippen MR) is 71.7 cm³/mol. The fourth-order valence-corrected chi connectivity index (χ4v) is 1.72. The van der Waals surface area contributed by atoms with Gasteiger partial charge in [-0.3, -0.25) is 0 Å². The molecule has 0 fully saturated rings. The summed E-state index contributed by atoms with van der Waals surface area (Å²) < 4.78 is 18.7. The number of ether oxygens (including phenoxy) is 1. The predicted octanol–water partition coefficient (Wildman–Crippen LogP) is 1.39. The molecule has 0 aromatic heterocycles. The summed E-state index contributed by atoms with van der Waals surface area (Å²) in [7, 11) is -1.53. The number of benzene rings is 2. The van der Waals surface area contributed by atoms with E-state index in [0.717, 1.165) is 11.1 Å². The zero-order valence-electron chi connectivity index (χ0n) is 10.5. The van der Waals surface area contributed by atoms with Crippen LogP contribution in [-0.4, -0.2) is 17.2 Å². The second-order valence-electron chi connectivity index (χ2n) is 4.31. The van der Waals surface area contributed by atoms with Crippen LogP contribution in [0.3, 0.4) is 0 Å². The van der Waals surface area contributed by atoms with Gasteiger partial charge >= 0.3 is 7.12 Å². The Morgan fingerprint density at radius 2 is 1.95 bits per heavy atom. The van der Waals surface area contributed by atoms with Gasteiger partial charge in [0.25, 0.3) is 0 Å². The fourth-order valence-electron chi connectivity index (χ4n) is 1.72. The summed E-state index contributed by atoms with van der Waals surface area (Å²) >= 11 is 0. The molecule has 0 saturated heterocycles. The van der Waals surface area contributed by atoms with Gasteiger partial charge < -0.3 is 14.8 Å². The molecule has 0 aliphatic carbocycles.